The molecule has 3 rings (SSSR count). The molecule has 0 aliphatic rings. The topological polar surface area (TPSA) is 0 Å². The van der Waals surface area contributed by atoms with Gasteiger partial charge in [0.2, 0.25) is 0 Å². The Hall–Kier alpha value is -1.88. The fourth-order valence-electron chi connectivity index (χ4n) is 3.00. The van der Waals surface area contributed by atoms with Gasteiger partial charge in [0.05, 0.1) is 0 Å². The Bertz CT molecular complexity index is 627. The van der Waals surface area contributed by atoms with Crippen LogP contribution in [0, 0.1) is 0 Å². The van der Waals surface area contributed by atoms with E-state index in [9.17, 15) is 0 Å². The van der Waals surface area contributed by atoms with Crippen LogP contribution in [0.1, 0.15) is 0 Å². The van der Waals surface area contributed by atoms with Crippen molar-refractivity contribution < 1.29 is 0 Å². The Balaban J connectivity index is 0.00000192. The summed E-state index contributed by atoms with van der Waals surface area (Å²) in [6.07, 6.45) is 3.05. The maximum absolute atomic E-state index is 4.05. The van der Waals surface area contributed by atoms with Gasteiger partial charge in [0.25, 0.3) is 0 Å². The lowest BCUT2D eigenvalue weighted by atomic mass is 10.4. The lowest BCUT2D eigenvalue weighted by molar-refractivity contribution is 1.66. The Kier molecular flexibility index (Phi) is 6.16. The summed E-state index contributed by atoms with van der Waals surface area (Å²) in [7, 11) is -1.67. The minimum atomic E-state index is -1.67. The molecular formula is C21H21ClP. The van der Waals surface area contributed by atoms with Crippen LogP contribution in [-0.2, 0) is 0 Å². The average Bonchev–Trinajstić information content (AvgIpc) is 2.62. The zero-order valence-corrected chi connectivity index (χ0v) is 14.7. The minimum Gasteiger partial charge on any atom is -0.147 e. The molecule has 0 saturated carbocycles. The lowest BCUT2D eigenvalue weighted by Crippen LogP contribution is -2.32. The summed E-state index contributed by atoms with van der Waals surface area (Å²) >= 11 is 0. The van der Waals surface area contributed by atoms with Crippen LogP contribution in [0.25, 0.3) is 0 Å². The van der Waals surface area contributed by atoms with Crippen molar-refractivity contribution in [3.63, 3.8) is 0 Å². The van der Waals surface area contributed by atoms with Crippen molar-refractivity contribution >= 4 is 35.6 Å². The number of halogens is 1. The molecule has 2 heteroatoms. The standard InChI is InChI=1S/C21H20P.ClH/c1-2-18-22(19-12-6-3-7-13-19,20-14-8-4-9-15-20)21-16-10-5-11-17-21;/h2-17H,1,18H2;1H. The molecular weight excluding hydrogens is 319 g/mol. The third-order valence-electron chi connectivity index (χ3n) is 3.99. The molecule has 23 heavy (non-hydrogen) atoms. The Labute approximate surface area is 145 Å². The molecule has 0 aromatic heterocycles. The van der Waals surface area contributed by atoms with E-state index in [2.05, 4.69) is 104 Å². The average molecular weight is 340 g/mol. The number of rotatable bonds is 5. The highest BCUT2D eigenvalue weighted by Gasteiger charge is 2.32. The highest BCUT2D eigenvalue weighted by atomic mass is 35.5. The molecule has 0 N–H and O–H groups in total. The second kappa shape index (κ2) is 8.11. The first kappa shape index (κ1) is 17.5. The first-order chi connectivity index (χ1) is 10.9. The molecule has 0 fully saturated rings. The molecule has 0 amide bonds. The van der Waals surface area contributed by atoms with E-state index in [-0.39, 0.29) is 12.4 Å². The molecule has 0 saturated heterocycles. The highest BCUT2D eigenvalue weighted by molar-refractivity contribution is 7.95. The molecule has 3 aromatic carbocycles. The summed E-state index contributed by atoms with van der Waals surface area (Å²) in [6.45, 7) is 4.05. The van der Waals surface area contributed by atoms with Gasteiger partial charge in [-0.3, -0.25) is 0 Å². The fraction of sp³-hybridized carbons (Fsp3) is 0.0476. The summed E-state index contributed by atoms with van der Waals surface area (Å²) in [5.41, 5.74) is 0. The molecule has 0 aliphatic heterocycles. The largest absolute Gasteiger partial charge is 0.147 e. The second-order valence-corrected chi connectivity index (χ2v) is 8.82. The fourth-order valence-corrected chi connectivity index (χ4v) is 6.96. The van der Waals surface area contributed by atoms with Crippen LogP contribution in [-0.4, -0.2) is 6.16 Å². The van der Waals surface area contributed by atoms with Gasteiger partial charge in [0.15, 0.2) is 0 Å². The van der Waals surface area contributed by atoms with Gasteiger partial charge in [-0.25, -0.2) is 0 Å². The predicted octanol–water partition coefficient (Wildman–Crippen LogP) is 4.59. The van der Waals surface area contributed by atoms with Crippen LogP contribution in [0.5, 0.6) is 0 Å². The summed E-state index contributed by atoms with van der Waals surface area (Å²) in [6, 6.07) is 32.7. The molecule has 0 spiro atoms. The predicted molar refractivity (Wildman–Crippen MR) is 107 cm³/mol. The van der Waals surface area contributed by atoms with Gasteiger partial charge in [0, 0.05) is 0 Å². The van der Waals surface area contributed by atoms with Gasteiger partial charge >= 0.3 is 0 Å². The first-order valence-electron chi connectivity index (χ1n) is 7.54. The number of hydrogen-bond donors (Lipinski definition) is 0. The van der Waals surface area contributed by atoms with Gasteiger partial charge < -0.3 is 0 Å². The summed E-state index contributed by atoms with van der Waals surface area (Å²) in [5.74, 6) is 0. The molecule has 0 atom stereocenters. The van der Waals surface area contributed by atoms with Crippen molar-refractivity contribution in [3.05, 3.63) is 104 Å². The van der Waals surface area contributed by atoms with Gasteiger partial charge in [-0.05, 0) is 29.3 Å². The summed E-state index contributed by atoms with van der Waals surface area (Å²) < 4.78 is 0. The smallest absolute Gasteiger partial charge is 0.00679 e. The van der Waals surface area contributed by atoms with E-state index >= 15 is 0 Å². The molecule has 117 valence electrons. The van der Waals surface area contributed by atoms with Crippen LogP contribution >= 0.6 is 19.7 Å². The van der Waals surface area contributed by atoms with Crippen LogP contribution < -0.4 is 15.9 Å². The lowest BCUT2D eigenvalue weighted by Gasteiger charge is -2.37. The molecule has 0 heterocycles. The second-order valence-electron chi connectivity index (χ2n) is 5.29. The highest BCUT2D eigenvalue weighted by Crippen LogP contribution is 2.55. The van der Waals surface area contributed by atoms with Crippen LogP contribution in [0.15, 0.2) is 104 Å². The van der Waals surface area contributed by atoms with Crippen LogP contribution in [0.3, 0.4) is 0 Å². The quantitative estimate of drug-likeness (QED) is 0.471. The third kappa shape index (κ3) is 3.39. The Morgan fingerprint density at radius 3 is 1.17 bits per heavy atom. The van der Waals surface area contributed by atoms with E-state index in [1.54, 1.807) is 0 Å². The Morgan fingerprint density at radius 2 is 0.913 bits per heavy atom. The van der Waals surface area contributed by atoms with Crippen molar-refractivity contribution in [3.8, 4) is 0 Å². The van der Waals surface area contributed by atoms with E-state index in [1.165, 1.54) is 15.9 Å². The normalized spacial score (nSPS) is 10.6. The molecule has 0 unspecified atom stereocenters. The van der Waals surface area contributed by atoms with Gasteiger partial charge in [-0.15, -0.1) is 19.0 Å². The minimum absolute atomic E-state index is 0. The van der Waals surface area contributed by atoms with Crippen molar-refractivity contribution in [2.45, 2.75) is 0 Å². The molecule has 0 bridgehead atoms. The maximum Gasteiger partial charge on any atom is -0.00679 e. The number of benzene rings is 3. The van der Waals surface area contributed by atoms with Crippen LogP contribution in [0.4, 0.5) is 0 Å². The summed E-state index contributed by atoms with van der Waals surface area (Å²) in [5, 5.41) is 4.23. The van der Waals surface area contributed by atoms with Crippen molar-refractivity contribution in [2.24, 2.45) is 0 Å². The molecule has 0 aliphatic carbocycles. The maximum atomic E-state index is 4.05. The van der Waals surface area contributed by atoms with Crippen molar-refractivity contribution in [2.75, 3.05) is 6.16 Å². The van der Waals surface area contributed by atoms with Crippen molar-refractivity contribution in [1.29, 1.82) is 0 Å². The first-order valence-corrected chi connectivity index (χ1v) is 9.51. The number of hydrogen-bond acceptors (Lipinski definition) is 0. The van der Waals surface area contributed by atoms with E-state index in [1.807, 2.05) is 0 Å². The van der Waals surface area contributed by atoms with Gasteiger partial charge in [0.1, 0.15) is 0 Å². The zero-order valence-electron chi connectivity index (χ0n) is 13.0. The monoisotopic (exact) mass is 339 g/mol. The SMILES string of the molecule is C=CC[P](c1ccccc1)(c1ccccc1)c1ccccc1.Cl. The van der Waals surface area contributed by atoms with Gasteiger partial charge in [-0.2, -0.15) is 0 Å². The molecule has 3 aromatic rings. The zero-order chi connectivity index (χ0) is 15.3. The van der Waals surface area contributed by atoms with E-state index in [4.69, 9.17) is 0 Å². The van der Waals surface area contributed by atoms with Gasteiger partial charge in [-0.1, -0.05) is 97.1 Å². The Morgan fingerprint density at radius 1 is 0.609 bits per heavy atom. The third-order valence-corrected chi connectivity index (χ3v) is 8.34. The molecule has 0 nitrogen and oxygen atoms in total. The van der Waals surface area contributed by atoms with E-state index < -0.39 is 7.26 Å². The van der Waals surface area contributed by atoms with E-state index in [0.29, 0.717) is 0 Å². The van der Waals surface area contributed by atoms with Crippen LogP contribution in [0.2, 0.25) is 0 Å². The molecule has 1 radical (unpaired) electrons. The number of allylic oxidation sites excluding steroid dienone is 1. The van der Waals surface area contributed by atoms with Crippen molar-refractivity contribution in [1.82, 2.24) is 0 Å². The summed E-state index contributed by atoms with van der Waals surface area (Å²) in [4.78, 5) is 0. The van der Waals surface area contributed by atoms with E-state index in [0.717, 1.165) is 6.16 Å².